The second-order valence-electron chi connectivity index (χ2n) is 4.50. The van der Waals surface area contributed by atoms with Crippen molar-refractivity contribution in [2.75, 3.05) is 0 Å². The molecule has 0 aliphatic rings. The van der Waals surface area contributed by atoms with E-state index < -0.39 is 9.25 Å². The number of carbonyl (C=O) groups is 1. The molecule has 5 heteroatoms. The molecule has 0 amide bonds. The monoisotopic (exact) mass is 333 g/mol. The van der Waals surface area contributed by atoms with E-state index in [9.17, 15) is 14.9 Å². The maximum absolute atomic E-state index is 11.6. The number of hydrogen-bond donors (Lipinski definition) is 0. The molecule has 0 aromatic heterocycles. The lowest BCUT2D eigenvalue weighted by Crippen LogP contribution is -2.21. The maximum atomic E-state index is 11.6. The molecular weight excluding hydrogens is 322 g/mol. The minimum absolute atomic E-state index is 0.0414. The van der Waals surface area contributed by atoms with Gasteiger partial charge in [-0.3, -0.25) is 10.1 Å². The molecule has 2 aromatic rings. The summed E-state index contributed by atoms with van der Waals surface area (Å²) in [6.07, 6.45) is 0.747. The number of non-ortho nitro benzene ring substituents is 1. The molecule has 0 heterocycles. The summed E-state index contributed by atoms with van der Waals surface area (Å²) in [5, 5.41) is 10.9. The van der Waals surface area contributed by atoms with Crippen LogP contribution in [0.25, 0.3) is 0 Å². The van der Waals surface area contributed by atoms with Gasteiger partial charge in [0.2, 0.25) is 0 Å². The van der Waals surface area contributed by atoms with Crippen LogP contribution in [0.15, 0.2) is 48.5 Å². The fraction of sp³-hybridized carbons (Fsp3) is 0.133. The number of aldehydes is 1. The van der Waals surface area contributed by atoms with Gasteiger partial charge in [0, 0.05) is 12.1 Å². The fourth-order valence-corrected chi connectivity index (χ4v) is 2.46. The lowest BCUT2D eigenvalue weighted by Gasteiger charge is -2.22. The zero-order valence-electron chi connectivity index (χ0n) is 10.7. The van der Waals surface area contributed by atoms with E-state index in [1.807, 2.05) is 31.2 Å². The van der Waals surface area contributed by atoms with E-state index in [0.29, 0.717) is 5.56 Å². The highest BCUT2D eigenvalue weighted by molar-refractivity contribution is 9.10. The number of nitro benzene ring substituents is 1. The van der Waals surface area contributed by atoms with Crippen molar-refractivity contribution in [1.82, 2.24) is 0 Å². The van der Waals surface area contributed by atoms with Crippen molar-refractivity contribution in [2.24, 2.45) is 0 Å². The zero-order chi connectivity index (χ0) is 14.8. The first-order valence-corrected chi connectivity index (χ1v) is 6.74. The Morgan fingerprint density at radius 1 is 1.15 bits per heavy atom. The largest absolute Gasteiger partial charge is 0.301 e. The lowest BCUT2D eigenvalue weighted by molar-refractivity contribution is -0.384. The smallest absolute Gasteiger partial charge is 0.269 e. The van der Waals surface area contributed by atoms with Gasteiger partial charge in [-0.2, -0.15) is 0 Å². The van der Waals surface area contributed by atoms with Crippen molar-refractivity contribution < 1.29 is 9.72 Å². The van der Waals surface area contributed by atoms with Gasteiger partial charge < -0.3 is 4.79 Å². The number of alkyl halides is 1. The quantitative estimate of drug-likeness (QED) is 0.370. The van der Waals surface area contributed by atoms with Gasteiger partial charge in [0.05, 0.1) is 4.92 Å². The number of nitro groups is 1. The van der Waals surface area contributed by atoms with Crippen LogP contribution >= 0.6 is 15.9 Å². The Kier molecular flexibility index (Phi) is 3.99. The van der Waals surface area contributed by atoms with Gasteiger partial charge in [0.25, 0.3) is 5.69 Å². The number of aryl methyl sites for hydroxylation is 1. The third kappa shape index (κ3) is 2.63. The maximum Gasteiger partial charge on any atom is 0.269 e. The Morgan fingerprint density at radius 3 is 2.35 bits per heavy atom. The third-order valence-corrected chi connectivity index (χ3v) is 4.21. The number of benzene rings is 2. The van der Waals surface area contributed by atoms with Gasteiger partial charge in [0.15, 0.2) is 0 Å². The fourth-order valence-electron chi connectivity index (χ4n) is 1.94. The molecule has 0 saturated heterocycles. The molecule has 0 fully saturated rings. The van der Waals surface area contributed by atoms with Gasteiger partial charge in [0.1, 0.15) is 10.6 Å². The summed E-state index contributed by atoms with van der Waals surface area (Å²) in [7, 11) is 0. The molecule has 0 unspecified atom stereocenters. The van der Waals surface area contributed by atoms with Crippen LogP contribution in [0.4, 0.5) is 5.69 Å². The van der Waals surface area contributed by atoms with E-state index in [1.54, 1.807) is 12.1 Å². The van der Waals surface area contributed by atoms with Crippen molar-refractivity contribution in [1.29, 1.82) is 0 Å². The molecule has 20 heavy (non-hydrogen) atoms. The summed E-state index contributed by atoms with van der Waals surface area (Å²) in [5.74, 6) is 0. The van der Waals surface area contributed by atoms with E-state index in [0.717, 1.165) is 17.4 Å². The van der Waals surface area contributed by atoms with Crippen LogP contribution in [0.1, 0.15) is 16.7 Å². The predicted molar refractivity (Wildman–Crippen MR) is 80.0 cm³/mol. The van der Waals surface area contributed by atoms with Crippen LogP contribution in [0.5, 0.6) is 0 Å². The summed E-state index contributed by atoms with van der Waals surface area (Å²) in [5.41, 5.74) is 2.30. The number of rotatable bonds is 4. The van der Waals surface area contributed by atoms with E-state index in [2.05, 4.69) is 15.9 Å². The molecule has 1 atom stereocenters. The van der Waals surface area contributed by atoms with Crippen molar-refractivity contribution in [3.05, 3.63) is 75.3 Å². The Balaban J connectivity index is 2.55. The van der Waals surface area contributed by atoms with Crippen molar-refractivity contribution in [3.8, 4) is 0 Å². The highest BCUT2D eigenvalue weighted by Crippen LogP contribution is 2.38. The SMILES string of the molecule is Cc1ccc([C@@](Br)(C=O)c2cccc([N+](=O)[O-])c2)cc1. The number of hydrogen-bond acceptors (Lipinski definition) is 3. The highest BCUT2D eigenvalue weighted by atomic mass is 79.9. The van der Waals surface area contributed by atoms with Crippen molar-refractivity contribution in [2.45, 2.75) is 11.2 Å². The van der Waals surface area contributed by atoms with Gasteiger partial charge in [-0.1, -0.05) is 57.9 Å². The molecule has 0 aliphatic carbocycles. The molecule has 0 spiro atoms. The van der Waals surface area contributed by atoms with E-state index in [1.165, 1.54) is 12.1 Å². The van der Waals surface area contributed by atoms with Crippen LogP contribution in [0, 0.1) is 17.0 Å². The Labute approximate surface area is 124 Å². The molecule has 102 valence electrons. The number of carbonyl (C=O) groups excluding carboxylic acids is 1. The van der Waals surface area contributed by atoms with Crippen LogP contribution in [0.2, 0.25) is 0 Å². The molecule has 0 aliphatic heterocycles. The third-order valence-electron chi connectivity index (χ3n) is 3.11. The standard InChI is InChI=1S/C15H12BrNO3/c1-11-5-7-12(8-6-11)15(16,10-18)13-3-2-4-14(9-13)17(19)20/h2-10H,1H3/t15-/m0/s1. The first kappa shape index (κ1) is 14.4. The molecular formula is C15H12BrNO3. The average Bonchev–Trinajstić information content (AvgIpc) is 2.47. The summed E-state index contributed by atoms with van der Waals surface area (Å²) in [6.45, 7) is 1.95. The molecule has 0 bridgehead atoms. The number of halogens is 1. The van der Waals surface area contributed by atoms with Crippen LogP contribution in [-0.4, -0.2) is 11.2 Å². The molecule has 2 rings (SSSR count). The van der Waals surface area contributed by atoms with Crippen molar-refractivity contribution in [3.63, 3.8) is 0 Å². The van der Waals surface area contributed by atoms with Crippen LogP contribution in [0.3, 0.4) is 0 Å². The lowest BCUT2D eigenvalue weighted by atomic mass is 9.91. The number of nitrogens with zero attached hydrogens (tertiary/aromatic N) is 1. The molecule has 4 nitrogen and oxygen atoms in total. The molecule has 0 saturated carbocycles. The molecule has 2 aromatic carbocycles. The second-order valence-corrected chi connectivity index (χ2v) is 5.75. The van der Waals surface area contributed by atoms with Gasteiger partial charge in [-0.25, -0.2) is 0 Å². The van der Waals surface area contributed by atoms with Crippen LogP contribution in [-0.2, 0) is 9.12 Å². The van der Waals surface area contributed by atoms with E-state index in [4.69, 9.17) is 0 Å². The predicted octanol–water partition coefficient (Wildman–Crippen LogP) is 3.74. The minimum Gasteiger partial charge on any atom is -0.301 e. The minimum atomic E-state index is -1.08. The van der Waals surface area contributed by atoms with E-state index in [-0.39, 0.29) is 5.69 Å². The molecule has 0 N–H and O–H groups in total. The summed E-state index contributed by atoms with van der Waals surface area (Å²) < 4.78 is -1.08. The average molecular weight is 334 g/mol. The van der Waals surface area contributed by atoms with Crippen molar-refractivity contribution >= 4 is 27.9 Å². The first-order valence-electron chi connectivity index (χ1n) is 5.94. The summed E-state index contributed by atoms with van der Waals surface area (Å²) in [6, 6.07) is 13.5. The van der Waals surface area contributed by atoms with Gasteiger partial charge in [-0.15, -0.1) is 0 Å². The summed E-state index contributed by atoms with van der Waals surface area (Å²) >= 11 is 3.42. The topological polar surface area (TPSA) is 60.2 Å². The molecule has 0 radical (unpaired) electrons. The Morgan fingerprint density at radius 2 is 1.80 bits per heavy atom. The van der Waals surface area contributed by atoms with E-state index >= 15 is 0 Å². The summed E-state index contributed by atoms with van der Waals surface area (Å²) in [4.78, 5) is 22.0. The van der Waals surface area contributed by atoms with Gasteiger partial charge >= 0.3 is 0 Å². The Hall–Kier alpha value is -2.01. The first-order chi connectivity index (χ1) is 9.47. The van der Waals surface area contributed by atoms with Crippen LogP contribution < -0.4 is 0 Å². The zero-order valence-corrected chi connectivity index (χ0v) is 12.3. The van der Waals surface area contributed by atoms with Gasteiger partial charge in [-0.05, 0) is 18.1 Å². The Bertz CT molecular complexity index is 654. The second kappa shape index (κ2) is 5.54. The highest BCUT2D eigenvalue weighted by Gasteiger charge is 2.32. The normalized spacial score (nSPS) is 13.5.